The number of carbonyl (C=O) groups is 1. The number of rotatable bonds is 3. The van der Waals surface area contributed by atoms with E-state index in [4.69, 9.17) is 4.18 Å². The first-order valence-electron chi connectivity index (χ1n) is 6.43. The molecule has 19 heavy (non-hydrogen) atoms. The van der Waals surface area contributed by atoms with Crippen LogP contribution in [0.15, 0.2) is 0 Å². The molecule has 1 saturated heterocycles. The molecule has 6 nitrogen and oxygen atoms in total. The first-order valence-corrected chi connectivity index (χ1v) is 7.53. The van der Waals surface area contributed by atoms with Crippen molar-refractivity contribution in [2.45, 2.75) is 52.7 Å². The van der Waals surface area contributed by atoms with Gasteiger partial charge in [-0.1, -0.05) is 20.8 Å². The number of carboxylic acid groups (broad SMARTS) is 1. The largest absolute Gasteiger partial charge is 0.465 e. The van der Waals surface area contributed by atoms with Gasteiger partial charge in [0.05, 0.1) is 6.10 Å². The van der Waals surface area contributed by atoms with Crippen LogP contribution in [0.5, 0.6) is 0 Å². The Morgan fingerprint density at radius 2 is 2.00 bits per heavy atom. The van der Waals surface area contributed by atoms with Gasteiger partial charge in [-0.15, -0.1) is 0 Å². The third kappa shape index (κ3) is 4.35. The number of piperidine rings is 1. The molecule has 1 heterocycles. The van der Waals surface area contributed by atoms with E-state index in [1.54, 1.807) is 6.92 Å². The Morgan fingerprint density at radius 1 is 1.42 bits per heavy atom. The highest BCUT2D eigenvalue weighted by atomic mass is 32.2. The SMILES string of the molecule is CC(O[SH](=O)=O)C1CCN(C(=O)O)C(C(C)(C)C)C1. The number of likely N-dealkylation sites (tertiary alicyclic amines) is 1. The lowest BCUT2D eigenvalue weighted by Crippen LogP contribution is -2.53. The normalized spacial score (nSPS) is 26.5. The van der Waals surface area contributed by atoms with Crippen LogP contribution in [0.3, 0.4) is 0 Å². The molecule has 0 aromatic carbocycles. The topological polar surface area (TPSA) is 83.9 Å². The number of amides is 1. The van der Waals surface area contributed by atoms with Crippen molar-refractivity contribution >= 4 is 17.1 Å². The lowest BCUT2D eigenvalue weighted by atomic mass is 9.76. The van der Waals surface area contributed by atoms with Crippen molar-refractivity contribution in [1.82, 2.24) is 4.90 Å². The monoisotopic (exact) mass is 293 g/mol. The van der Waals surface area contributed by atoms with Crippen LogP contribution in [-0.2, 0) is 15.2 Å². The molecule has 1 N–H and O–H groups in total. The summed E-state index contributed by atoms with van der Waals surface area (Å²) in [6, 6.07) is -0.126. The minimum absolute atomic E-state index is 0.0627. The van der Waals surface area contributed by atoms with E-state index < -0.39 is 23.2 Å². The minimum atomic E-state index is -2.86. The Kier molecular flexibility index (Phi) is 5.20. The average Bonchev–Trinajstić information content (AvgIpc) is 2.25. The van der Waals surface area contributed by atoms with Gasteiger partial charge in [-0.05, 0) is 31.1 Å². The van der Waals surface area contributed by atoms with Crippen molar-refractivity contribution in [2.24, 2.45) is 11.3 Å². The molecule has 3 unspecified atom stereocenters. The van der Waals surface area contributed by atoms with Crippen LogP contribution in [0.25, 0.3) is 0 Å². The Balaban J connectivity index is 2.82. The average molecular weight is 293 g/mol. The zero-order valence-corrected chi connectivity index (χ0v) is 12.7. The summed E-state index contributed by atoms with van der Waals surface area (Å²) in [6.45, 7) is 8.14. The van der Waals surface area contributed by atoms with Crippen LogP contribution in [0.1, 0.15) is 40.5 Å². The van der Waals surface area contributed by atoms with E-state index in [0.717, 1.165) is 0 Å². The number of nitrogens with zero attached hydrogens (tertiary/aromatic N) is 1. The van der Waals surface area contributed by atoms with Gasteiger partial charge >= 0.3 is 6.09 Å². The highest BCUT2D eigenvalue weighted by Gasteiger charge is 2.40. The third-order valence-corrected chi connectivity index (χ3v) is 4.31. The number of thiol groups is 1. The van der Waals surface area contributed by atoms with Gasteiger partial charge in [0.25, 0.3) is 11.0 Å². The number of hydrogen-bond donors (Lipinski definition) is 2. The molecule has 7 heteroatoms. The zero-order chi connectivity index (χ0) is 14.8. The zero-order valence-electron chi connectivity index (χ0n) is 11.8. The molecule has 112 valence electrons. The minimum Gasteiger partial charge on any atom is -0.465 e. The smallest absolute Gasteiger partial charge is 0.407 e. The highest BCUT2D eigenvalue weighted by Crippen LogP contribution is 2.36. The summed E-state index contributed by atoms with van der Waals surface area (Å²) < 4.78 is 26.1. The first-order chi connectivity index (χ1) is 8.62. The number of hydrogen-bond acceptors (Lipinski definition) is 4. The van der Waals surface area contributed by atoms with Crippen molar-refractivity contribution in [3.05, 3.63) is 0 Å². The fourth-order valence-corrected chi connectivity index (χ4v) is 3.13. The highest BCUT2D eigenvalue weighted by molar-refractivity contribution is 7.67. The van der Waals surface area contributed by atoms with Crippen LogP contribution in [-0.4, -0.2) is 43.2 Å². The second-order valence-electron chi connectivity index (χ2n) is 6.18. The van der Waals surface area contributed by atoms with Crippen LogP contribution in [0.4, 0.5) is 4.79 Å². The molecule has 0 saturated carbocycles. The standard InChI is InChI=1S/C12H23NO5S/c1-8(18-19(16)17)9-5-6-13(11(14)15)10(7-9)12(2,3)4/h8-10,19H,5-7H2,1-4H3,(H,14,15). The molecule has 1 aliphatic heterocycles. The third-order valence-electron chi connectivity index (χ3n) is 3.80. The van der Waals surface area contributed by atoms with E-state index in [2.05, 4.69) is 0 Å². The molecule has 3 atom stereocenters. The molecule has 0 aromatic heterocycles. The van der Waals surface area contributed by atoms with Crippen LogP contribution < -0.4 is 0 Å². The second kappa shape index (κ2) is 6.09. The molecule has 0 aliphatic carbocycles. The molecule has 1 amide bonds. The summed E-state index contributed by atoms with van der Waals surface area (Å²) in [5, 5.41) is 9.24. The van der Waals surface area contributed by atoms with Crippen molar-refractivity contribution in [1.29, 1.82) is 0 Å². The molecule has 1 rings (SSSR count). The van der Waals surface area contributed by atoms with Crippen molar-refractivity contribution in [2.75, 3.05) is 6.54 Å². The molecule has 0 aromatic rings. The van der Waals surface area contributed by atoms with E-state index in [0.29, 0.717) is 19.4 Å². The Hall–Kier alpha value is -0.820. The Labute approximate surface area is 115 Å². The molecule has 0 radical (unpaired) electrons. The van der Waals surface area contributed by atoms with E-state index in [1.807, 2.05) is 20.8 Å². The lowest BCUT2D eigenvalue weighted by molar-refractivity contribution is 0.0145. The van der Waals surface area contributed by atoms with Gasteiger partial charge in [0.2, 0.25) is 0 Å². The lowest BCUT2D eigenvalue weighted by Gasteiger charge is -2.45. The van der Waals surface area contributed by atoms with Gasteiger partial charge in [0.1, 0.15) is 0 Å². The van der Waals surface area contributed by atoms with Gasteiger partial charge in [-0.25, -0.2) is 13.2 Å². The maximum atomic E-state index is 11.3. The molecule has 0 bridgehead atoms. The van der Waals surface area contributed by atoms with Gasteiger partial charge in [0.15, 0.2) is 0 Å². The van der Waals surface area contributed by atoms with E-state index >= 15 is 0 Å². The van der Waals surface area contributed by atoms with Crippen LogP contribution in [0.2, 0.25) is 0 Å². The van der Waals surface area contributed by atoms with E-state index in [9.17, 15) is 18.3 Å². The van der Waals surface area contributed by atoms with Gasteiger partial charge in [0, 0.05) is 12.6 Å². The molecular weight excluding hydrogens is 270 g/mol. The molecule has 1 aliphatic rings. The van der Waals surface area contributed by atoms with Crippen LogP contribution >= 0.6 is 0 Å². The predicted octanol–water partition coefficient (Wildman–Crippen LogP) is 1.72. The van der Waals surface area contributed by atoms with Crippen molar-refractivity contribution < 1.29 is 22.5 Å². The Morgan fingerprint density at radius 3 is 2.42 bits per heavy atom. The van der Waals surface area contributed by atoms with E-state index in [1.165, 1.54) is 4.90 Å². The summed E-state index contributed by atoms with van der Waals surface area (Å²) in [7, 11) is -2.86. The summed E-state index contributed by atoms with van der Waals surface area (Å²) in [5.74, 6) is 0.0627. The molecular formula is C12H23NO5S. The van der Waals surface area contributed by atoms with Crippen molar-refractivity contribution in [3.8, 4) is 0 Å². The molecule has 0 spiro atoms. The summed E-state index contributed by atoms with van der Waals surface area (Å²) in [5.41, 5.74) is -0.184. The quantitative estimate of drug-likeness (QED) is 0.774. The predicted molar refractivity (Wildman–Crippen MR) is 71.6 cm³/mol. The van der Waals surface area contributed by atoms with Crippen LogP contribution in [0, 0.1) is 11.3 Å². The van der Waals surface area contributed by atoms with E-state index in [-0.39, 0.29) is 17.4 Å². The molecule has 1 fully saturated rings. The maximum absolute atomic E-state index is 11.3. The van der Waals surface area contributed by atoms with Gasteiger partial charge in [-0.3, -0.25) is 4.18 Å². The van der Waals surface area contributed by atoms with Gasteiger partial charge in [-0.2, -0.15) is 0 Å². The fraction of sp³-hybridized carbons (Fsp3) is 0.917. The first kappa shape index (κ1) is 16.2. The summed E-state index contributed by atoms with van der Waals surface area (Å²) >= 11 is 0. The fourth-order valence-electron chi connectivity index (χ4n) is 2.69. The second-order valence-corrected chi connectivity index (χ2v) is 6.83. The van der Waals surface area contributed by atoms with Gasteiger partial charge < -0.3 is 10.0 Å². The van der Waals surface area contributed by atoms with Crippen molar-refractivity contribution in [3.63, 3.8) is 0 Å². The maximum Gasteiger partial charge on any atom is 0.407 e. The Bertz CT molecular complexity index is 393. The summed E-state index contributed by atoms with van der Waals surface area (Å²) in [6.07, 6.45) is -0.0626. The summed E-state index contributed by atoms with van der Waals surface area (Å²) in [4.78, 5) is 12.7.